The number of fused-ring (bicyclic) bond motifs is 1. The van der Waals surface area contributed by atoms with Crippen LogP contribution in [-0.2, 0) is 0 Å². The number of rotatable bonds is 3. The molecule has 0 spiro atoms. The lowest BCUT2D eigenvalue weighted by Crippen LogP contribution is -2.45. The maximum atomic E-state index is 12.5. The highest BCUT2D eigenvalue weighted by atomic mass is 16.5. The molecule has 0 bridgehead atoms. The Morgan fingerprint density at radius 3 is 2.36 bits per heavy atom. The van der Waals surface area contributed by atoms with Gasteiger partial charge in [-0.2, -0.15) is 0 Å². The zero-order valence-corrected chi connectivity index (χ0v) is 14.3. The number of hydrogen-bond donors (Lipinski definition) is 1. The number of amides is 1. The van der Waals surface area contributed by atoms with Crippen molar-refractivity contribution in [1.82, 2.24) is 5.32 Å². The Kier molecular flexibility index (Phi) is 4.69. The first-order chi connectivity index (χ1) is 10.2. The van der Waals surface area contributed by atoms with Crippen molar-refractivity contribution in [1.29, 1.82) is 0 Å². The van der Waals surface area contributed by atoms with Gasteiger partial charge in [-0.05, 0) is 43.9 Å². The average molecular weight is 305 g/mol. The van der Waals surface area contributed by atoms with Gasteiger partial charge in [-0.1, -0.05) is 20.8 Å². The van der Waals surface area contributed by atoms with Gasteiger partial charge in [0.25, 0.3) is 5.91 Å². The fourth-order valence-corrected chi connectivity index (χ4v) is 3.05. The molecule has 1 aromatic rings. The molecule has 1 aliphatic heterocycles. The number of hydrogen-bond acceptors (Lipinski definition) is 3. The molecule has 0 aliphatic carbocycles. The van der Waals surface area contributed by atoms with Gasteiger partial charge in [0.2, 0.25) is 0 Å². The Hall–Kier alpha value is -1.71. The topological polar surface area (TPSA) is 47.6 Å². The lowest BCUT2D eigenvalue weighted by molar-refractivity contribution is 0.0891. The third kappa shape index (κ3) is 4.65. The summed E-state index contributed by atoms with van der Waals surface area (Å²) in [5.41, 5.74) is 0.493. The van der Waals surface area contributed by atoms with Crippen molar-refractivity contribution in [3.05, 3.63) is 23.8 Å². The maximum absolute atomic E-state index is 12.5. The van der Waals surface area contributed by atoms with E-state index in [-0.39, 0.29) is 16.9 Å². The van der Waals surface area contributed by atoms with Crippen LogP contribution < -0.4 is 14.8 Å². The van der Waals surface area contributed by atoms with Gasteiger partial charge >= 0.3 is 0 Å². The van der Waals surface area contributed by atoms with Crippen LogP contribution in [0.2, 0.25) is 0 Å². The molecule has 1 amide bonds. The summed E-state index contributed by atoms with van der Waals surface area (Å²) < 4.78 is 11.2. The molecule has 0 radical (unpaired) electrons. The summed E-state index contributed by atoms with van der Waals surface area (Å²) in [7, 11) is 0. The third-order valence-electron chi connectivity index (χ3n) is 3.43. The van der Waals surface area contributed by atoms with Gasteiger partial charge in [-0.15, -0.1) is 0 Å². The molecule has 122 valence electrons. The first-order valence-electron chi connectivity index (χ1n) is 7.88. The highest BCUT2D eigenvalue weighted by molar-refractivity contribution is 5.95. The molecule has 22 heavy (non-hydrogen) atoms. The Labute approximate surface area is 133 Å². The van der Waals surface area contributed by atoms with Crippen LogP contribution in [0.25, 0.3) is 0 Å². The van der Waals surface area contributed by atoms with E-state index in [9.17, 15) is 4.79 Å². The predicted octanol–water partition coefficient (Wildman–Crippen LogP) is 3.79. The summed E-state index contributed by atoms with van der Waals surface area (Å²) in [6.45, 7) is 11.9. The quantitative estimate of drug-likeness (QED) is 0.924. The minimum atomic E-state index is -0.264. The monoisotopic (exact) mass is 305 g/mol. The smallest absolute Gasteiger partial charge is 0.251 e. The largest absolute Gasteiger partial charge is 0.490 e. The normalized spacial score (nSPS) is 15.1. The van der Waals surface area contributed by atoms with Crippen LogP contribution in [-0.4, -0.2) is 24.7 Å². The van der Waals surface area contributed by atoms with Gasteiger partial charge in [0, 0.05) is 17.5 Å². The van der Waals surface area contributed by atoms with Crippen molar-refractivity contribution in [3.63, 3.8) is 0 Å². The molecule has 0 saturated carbocycles. The lowest BCUT2D eigenvalue weighted by Gasteiger charge is -2.33. The number of ether oxygens (including phenoxy) is 2. The Bertz CT molecular complexity index is 544. The Morgan fingerprint density at radius 1 is 1.09 bits per heavy atom. The fraction of sp³-hybridized carbons (Fsp3) is 0.611. The molecule has 0 aromatic heterocycles. The molecule has 0 unspecified atom stereocenters. The minimum Gasteiger partial charge on any atom is -0.490 e. The zero-order valence-electron chi connectivity index (χ0n) is 14.3. The number of benzene rings is 1. The molecule has 1 aromatic carbocycles. The molecule has 1 aliphatic rings. The lowest BCUT2D eigenvalue weighted by atomic mass is 9.81. The van der Waals surface area contributed by atoms with E-state index in [0.29, 0.717) is 30.3 Å². The summed E-state index contributed by atoms with van der Waals surface area (Å²) in [6.07, 6.45) is 1.76. The summed E-state index contributed by atoms with van der Waals surface area (Å²) >= 11 is 0. The van der Waals surface area contributed by atoms with E-state index in [1.807, 2.05) is 6.07 Å². The van der Waals surface area contributed by atoms with Crippen molar-refractivity contribution < 1.29 is 14.3 Å². The van der Waals surface area contributed by atoms with Crippen molar-refractivity contribution >= 4 is 5.91 Å². The van der Waals surface area contributed by atoms with E-state index < -0.39 is 0 Å². The first kappa shape index (κ1) is 16.7. The molecule has 1 N–H and O–H groups in total. The van der Waals surface area contributed by atoms with Crippen molar-refractivity contribution in [2.75, 3.05) is 13.2 Å². The molecule has 4 nitrogen and oxygen atoms in total. The highest BCUT2D eigenvalue weighted by Gasteiger charge is 2.27. The second-order valence-electron chi connectivity index (χ2n) is 7.79. The van der Waals surface area contributed by atoms with Gasteiger partial charge < -0.3 is 14.8 Å². The van der Waals surface area contributed by atoms with Gasteiger partial charge in [-0.25, -0.2) is 0 Å². The zero-order chi connectivity index (χ0) is 16.4. The average Bonchev–Trinajstić information content (AvgIpc) is 2.59. The van der Waals surface area contributed by atoms with Crippen molar-refractivity contribution in [3.8, 4) is 11.5 Å². The highest BCUT2D eigenvalue weighted by Crippen LogP contribution is 2.31. The van der Waals surface area contributed by atoms with Gasteiger partial charge in [0.05, 0.1) is 13.2 Å². The van der Waals surface area contributed by atoms with E-state index in [1.54, 1.807) is 12.1 Å². The standard InChI is InChI=1S/C18H27NO3/c1-17(2,3)12-18(4,5)19-16(20)13-7-8-14-15(11-13)22-10-6-9-21-14/h7-8,11H,6,9-10,12H2,1-5H3,(H,19,20). The fourth-order valence-electron chi connectivity index (χ4n) is 3.05. The molecular formula is C18H27NO3. The van der Waals surface area contributed by atoms with Crippen LogP contribution in [0.1, 0.15) is 57.8 Å². The Balaban J connectivity index is 2.11. The van der Waals surface area contributed by atoms with Gasteiger partial charge in [-0.3, -0.25) is 4.79 Å². The van der Waals surface area contributed by atoms with Crippen molar-refractivity contribution in [2.45, 2.75) is 53.0 Å². The first-order valence-corrected chi connectivity index (χ1v) is 7.88. The molecule has 0 atom stereocenters. The number of carbonyl (C=O) groups is 1. The second-order valence-corrected chi connectivity index (χ2v) is 7.79. The molecule has 1 heterocycles. The van der Waals surface area contributed by atoms with E-state index in [1.165, 1.54) is 0 Å². The van der Waals surface area contributed by atoms with E-state index in [2.05, 4.69) is 39.9 Å². The molecule has 2 rings (SSSR count). The van der Waals surface area contributed by atoms with Crippen LogP contribution in [0.15, 0.2) is 18.2 Å². The van der Waals surface area contributed by atoms with Crippen LogP contribution in [0, 0.1) is 5.41 Å². The third-order valence-corrected chi connectivity index (χ3v) is 3.43. The molecule has 0 saturated heterocycles. The van der Waals surface area contributed by atoms with E-state index in [0.717, 1.165) is 12.8 Å². The van der Waals surface area contributed by atoms with Crippen LogP contribution >= 0.6 is 0 Å². The SMILES string of the molecule is CC(C)(C)CC(C)(C)NC(=O)c1ccc2c(c1)OCCCO2. The van der Waals surface area contributed by atoms with E-state index >= 15 is 0 Å². The van der Waals surface area contributed by atoms with Crippen molar-refractivity contribution in [2.24, 2.45) is 5.41 Å². The van der Waals surface area contributed by atoms with Crippen LogP contribution in [0.3, 0.4) is 0 Å². The van der Waals surface area contributed by atoms with Gasteiger partial charge in [0.1, 0.15) is 0 Å². The second kappa shape index (κ2) is 6.19. The molecular weight excluding hydrogens is 278 g/mol. The summed E-state index contributed by atoms with van der Waals surface area (Å²) in [5.74, 6) is 1.28. The predicted molar refractivity (Wildman–Crippen MR) is 87.7 cm³/mol. The maximum Gasteiger partial charge on any atom is 0.251 e. The van der Waals surface area contributed by atoms with Gasteiger partial charge in [0.15, 0.2) is 11.5 Å². The molecule has 0 fully saturated rings. The number of nitrogens with one attached hydrogen (secondary N) is 1. The minimum absolute atomic E-state index is 0.0788. The van der Waals surface area contributed by atoms with Crippen LogP contribution in [0.4, 0.5) is 0 Å². The molecule has 4 heteroatoms. The number of carbonyl (C=O) groups excluding carboxylic acids is 1. The van der Waals surface area contributed by atoms with E-state index in [4.69, 9.17) is 9.47 Å². The summed E-state index contributed by atoms with van der Waals surface area (Å²) in [4.78, 5) is 12.5. The summed E-state index contributed by atoms with van der Waals surface area (Å²) in [6, 6.07) is 5.37. The van der Waals surface area contributed by atoms with Crippen LogP contribution in [0.5, 0.6) is 11.5 Å². The Morgan fingerprint density at radius 2 is 1.73 bits per heavy atom. The summed E-state index contributed by atoms with van der Waals surface area (Å²) in [5, 5.41) is 3.12.